The molecule has 2 aromatic carbocycles. The van der Waals surface area contributed by atoms with Gasteiger partial charge < -0.3 is 35.5 Å². The second-order valence-corrected chi connectivity index (χ2v) is 4.67. The van der Waals surface area contributed by atoms with E-state index in [1.807, 2.05) is 78.9 Å². The number of rotatable bonds is 4. The Bertz CT molecular complexity index is 837. The van der Waals surface area contributed by atoms with E-state index in [4.69, 9.17) is 35.5 Å². The molecule has 0 spiro atoms. The fourth-order valence-corrected chi connectivity index (χ4v) is 1.92. The van der Waals surface area contributed by atoms with Crippen molar-refractivity contribution in [2.45, 2.75) is 0 Å². The van der Waals surface area contributed by atoms with E-state index in [-0.39, 0.29) is 20.1 Å². The van der Waals surface area contributed by atoms with E-state index in [1.54, 1.807) is 12.4 Å². The van der Waals surface area contributed by atoms with Gasteiger partial charge in [0.05, 0.1) is 35.2 Å². The van der Waals surface area contributed by atoms with Crippen molar-refractivity contribution < 1.29 is 20.1 Å². The zero-order valence-corrected chi connectivity index (χ0v) is 17.6. The molecule has 29 heavy (non-hydrogen) atoms. The summed E-state index contributed by atoms with van der Waals surface area (Å²) in [5.41, 5.74) is 3.43. The standard InChI is InChI=1S/C19H15N3.3CN.Ir/c1-3-8-16(9-4-1)20-14-18-12-7-13-19(22-18)15-21-17-10-5-2-6-11-17;3*1-2;/h1-15H;;;;/q;3*-1;+3. The van der Waals surface area contributed by atoms with Gasteiger partial charge in [-0.25, -0.2) is 4.98 Å². The first kappa shape index (κ1) is 27.3. The summed E-state index contributed by atoms with van der Waals surface area (Å²) < 4.78 is 0. The van der Waals surface area contributed by atoms with Crippen LogP contribution < -0.4 is 0 Å². The summed E-state index contributed by atoms with van der Waals surface area (Å²) in [5.74, 6) is 0. The van der Waals surface area contributed by atoms with Crippen LogP contribution in [0.15, 0.2) is 88.8 Å². The molecule has 0 saturated heterocycles. The maximum atomic E-state index is 6.25. The molecule has 1 aromatic heterocycles. The van der Waals surface area contributed by atoms with Crippen molar-refractivity contribution in [1.82, 2.24) is 4.98 Å². The largest absolute Gasteiger partial charge is 3.00 e. The van der Waals surface area contributed by atoms with Gasteiger partial charge in [0.1, 0.15) is 0 Å². The molecule has 6 nitrogen and oxygen atoms in total. The molecular formula is C22H15IrN6. The Hall–Kier alpha value is -3.95. The Labute approximate surface area is 184 Å². The van der Waals surface area contributed by atoms with Crippen LogP contribution in [0.4, 0.5) is 11.4 Å². The molecule has 0 amide bonds. The molecule has 3 rings (SSSR count). The minimum Gasteiger partial charge on any atom is -0.512 e. The van der Waals surface area contributed by atoms with Crippen LogP contribution in [0.2, 0.25) is 0 Å². The average molecular weight is 556 g/mol. The Kier molecular flexibility index (Phi) is 17.7. The van der Waals surface area contributed by atoms with Crippen LogP contribution in [0, 0.1) is 35.5 Å². The summed E-state index contributed by atoms with van der Waals surface area (Å²) >= 11 is 0. The number of para-hydroxylation sites is 2. The van der Waals surface area contributed by atoms with Gasteiger partial charge in [-0.15, -0.1) is 0 Å². The molecule has 7 heteroatoms. The van der Waals surface area contributed by atoms with Gasteiger partial charge in [0.25, 0.3) is 0 Å². The van der Waals surface area contributed by atoms with Gasteiger partial charge in [-0.2, -0.15) is 0 Å². The molecule has 0 radical (unpaired) electrons. The Morgan fingerprint density at radius 2 is 0.897 bits per heavy atom. The van der Waals surface area contributed by atoms with Crippen LogP contribution in [0.1, 0.15) is 11.4 Å². The van der Waals surface area contributed by atoms with Crippen LogP contribution in [0.5, 0.6) is 0 Å². The van der Waals surface area contributed by atoms with Gasteiger partial charge >= 0.3 is 20.1 Å². The Balaban J connectivity index is 0. The molecule has 0 bridgehead atoms. The number of nitrogens with zero attached hydrogens (tertiary/aromatic N) is 6. The van der Waals surface area contributed by atoms with Gasteiger partial charge in [-0.05, 0) is 36.4 Å². The van der Waals surface area contributed by atoms with Crippen LogP contribution in [-0.4, -0.2) is 17.4 Å². The third-order valence-corrected chi connectivity index (χ3v) is 3.00. The zero-order chi connectivity index (χ0) is 21.0. The third-order valence-electron chi connectivity index (χ3n) is 3.00. The normalized spacial score (nSPS) is 8.76. The van der Waals surface area contributed by atoms with Crippen LogP contribution in [-0.2, 0) is 20.1 Å². The summed E-state index contributed by atoms with van der Waals surface area (Å²) in [6.45, 7) is 14.2. The predicted molar refractivity (Wildman–Crippen MR) is 107 cm³/mol. The van der Waals surface area contributed by atoms with Gasteiger partial charge in [0, 0.05) is 0 Å². The molecular weight excluding hydrogens is 541 g/mol. The summed E-state index contributed by atoms with van der Waals surface area (Å²) in [6.07, 6.45) is 3.52. The Morgan fingerprint density at radius 1 is 0.552 bits per heavy atom. The van der Waals surface area contributed by atoms with Gasteiger partial charge in [0.2, 0.25) is 0 Å². The van der Waals surface area contributed by atoms with Crippen molar-refractivity contribution in [2.75, 3.05) is 0 Å². The number of benzene rings is 2. The van der Waals surface area contributed by atoms with Gasteiger partial charge in [-0.3, -0.25) is 9.98 Å². The molecule has 0 fully saturated rings. The van der Waals surface area contributed by atoms with E-state index >= 15 is 0 Å². The van der Waals surface area contributed by atoms with Crippen molar-refractivity contribution in [2.24, 2.45) is 9.98 Å². The van der Waals surface area contributed by atoms with Crippen molar-refractivity contribution in [3.05, 3.63) is 110 Å². The molecule has 0 atom stereocenters. The third kappa shape index (κ3) is 11.4. The van der Waals surface area contributed by atoms with E-state index in [0.29, 0.717) is 0 Å². The van der Waals surface area contributed by atoms with Crippen molar-refractivity contribution >= 4 is 23.8 Å². The first-order valence-electron chi connectivity index (χ1n) is 7.72. The first-order valence-corrected chi connectivity index (χ1v) is 7.72. The Morgan fingerprint density at radius 3 is 1.24 bits per heavy atom. The number of hydrogen-bond donors (Lipinski definition) is 0. The van der Waals surface area contributed by atoms with E-state index in [9.17, 15) is 0 Å². The molecule has 142 valence electrons. The second kappa shape index (κ2) is 18.8. The quantitative estimate of drug-likeness (QED) is 0.338. The predicted octanol–water partition coefficient (Wildman–Crippen LogP) is 4.87. The van der Waals surface area contributed by atoms with Crippen molar-refractivity contribution in [1.29, 1.82) is 15.8 Å². The number of aromatic nitrogens is 1. The fourth-order valence-electron chi connectivity index (χ4n) is 1.92. The molecule has 0 aliphatic carbocycles. The van der Waals surface area contributed by atoms with Crippen LogP contribution in [0.3, 0.4) is 0 Å². The SMILES string of the molecule is C(=Nc1ccccc1)c1cccc(C=Nc2ccccc2)n1.[C-]#N.[C-]#N.[C-]#N.[Ir+3]. The zero-order valence-electron chi connectivity index (χ0n) is 15.2. The van der Waals surface area contributed by atoms with Crippen molar-refractivity contribution in [3.8, 4) is 0 Å². The van der Waals surface area contributed by atoms with E-state index in [1.165, 1.54) is 0 Å². The molecule has 0 unspecified atom stereocenters. The molecule has 1 heterocycles. The number of hydrogen-bond acceptors (Lipinski definition) is 6. The molecule has 0 N–H and O–H groups in total. The topological polar surface area (TPSA) is 109 Å². The molecule has 0 aliphatic rings. The van der Waals surface area contributed by atoms with E-state index < -0.39 is 0 Å². The minimum atomic E-state index is 0. The molecule has 0 saturated carbocycles. The number of pyridine rings is 1. The number of aliphatic imine (C=N–C) groups is 2. The maximum absolute atomic E-state index is 6.25. The molecule has 0 aliphatic heterocycles. The maximum Gasteiger partial charge on any atom is 3.00 e. The fraction of sp³-hybridized carbons (Fsp3) is 0. The van der Waals surface area contributed by atoms with Crippen LogP contribution in [0.25, 0.3) is 0 Å². The summed E-state index contributed by atoms with van der Waals surface area (Å²) in [6, 6.07) is 25.4. The van der Waals surface area contributed by atoms with Crippen molar-refractivity contribution in [3.63, 3.8) is 0 Å². The smallest absolute Gasteiger partial charge is 0.512 e. The summed E-state index contributed by atoms with van der Waals surface area (Å²) in [7, 11) is 0. The van der Waals surface area contributed by atoms with E-state index in [0.717, 1.165) is 22.8 Å². The first-order chi connectivity index (χ1) is 13.9. The minimum absolute atomic E-state index is 0. The average Bonchev–Trinajstić information content (AvgIpc) is 2.82. The van der Waals surface area contributed by atoms with Gasteiger partial charge in [0.15, 0.2) is 0 Å². The molecule has 3 aromatic rings. The second-order valence-electron chi connectivity index (χ2n) is 4.67. The summed E-state index contributed by atoms with van der Waals surface area (Å²) in [5, 5.41) is 18.8. The van der Waals surface area contributed by atoms with E-state index in [2.05, 4.69) is 15.0 Å². The van der Waals surface area contributed by atoms with Crippen LogP contribution >= 0.6 is 0 Å². The monoisotopic (exact) mass is 556 g/mol. The summed E-state index contributed by atoms with van der Waals surface area (Å²) in [4.78, 5) is 13.3. The van der Waals surface area contributed by atoms with Gasteiger partial charge in [-0.1, -0.05) is 42.5 Å².